The van der Waals surface area contributed by atoms with Gasteiger partial charge in [0.2, 0.25) is 0 Å². The first kappa shape index (κ1) is 13.8. The van der Waals surface area contributed by atoms with Crippen molar-refractivity contribution < 1.29 is 9.84 Å². The number of nitrogens with zero attached hydrogens (tertiary/aromatic N) is 2. The second-order valence-corrected chi connectivity index (χ2v) is 5.60. The van der Waals surface area contributed by atoms with Gasteiger partial charge in [-0.2, -0.15) is 0 Å². The molecule has 0 unspecified atom stereocenters. The van der Waals surface area contributed by atoms with E-state index in [4.69, 9.17) is 9.84 Å². The van der Waals surface area contributed by atoms with Gasteiger partial charge < -0.3 is 20.1 Å². The summed E-state index contributed by atoms with van der Waals surface area (Å²) in [5.74, 6) is 1.78. The maximum absolute atomic E-state index is 9.06. The van der Waals surface area contributed by atoms with Gasteiger partial charge in [-0.1, -0.05) is 0 Å². The summed E-state index contributed by atoms with van der Waals surface area (Å²) in [5.41, 5.74) is 0. The van der Waals surface area contributed by atoms with E-state index >= 15 is 0 Å². The van der Waals surface area contributed by atoms with Crippen LogP contribution in [0.2, 0.25) is 0 Å². The van der Waals surface area contributed by atoms with E-state index in [0.29, 0.717) is 0 Å². The Kier molecular flexibility index (Phi) is 5.02. The number of aliphatic hydroxyl groups is 1. The van der Waals surface area contributed by atoms with E-state index in [1.165, 1.54) is 0 Å². The number of nitrogens with one attached hydrogen (secondary N) is 1. The number of hydrogen-bond donors (Lipinski definition) is 2. The van der Waals surface area contributed by atoms with Crippen LogP contribution in [0.3, 0.4) is 0 Å². The number of ether oxygens (including phenoxy) is 1. The molecule has 1 aliphatic rings. The molecule has 0 radical (unpaired) electrons. The predicted octanol–water partition coefficient (Wildman–Crippen LogP) is 1.32. The van der Waals surface area contributed by atoms with Gasteiger partial charge in [0, 0.05) is 22.7 Å². The van der Waals surface area contributed by atoms with Crippen LogP contribution in [0.4, 0.5) is 11.6 Å². The fourth-order valence-corrected chi connectivity index (χ4v) is 2.38. The predicted molar refractivity (Wildman–Crippen MR) is 80.2 cm³/mol. The van der Waals surface area contributed by atoms with Crippen molar-refractivity contribution in [1.29, 1.82) is 0 Å². The molecule has 1 aliphatic heterocycles. The minimum Gasteiger partial charge on any atom is -0.394 e. The summed E-state index contributed by atoms with van der Waals surface area (Å²) in [6.45, 7) is 5.28. The second-order valence-electron chi connectivity index (χ2n) is 4.36. The van der Waals surface area contributed by atoms with Crippen molar-refractivity contribution in [3.63, 3.8) is 0 Å². The molecule has 0 bridgehead atoms. The van der Waals surface area contributed by atoms with E-state index in [-0.39, 0.29) is 12.6 Å². The van der Waals surface area contributed by atoms with Crippen LogP contribution in [0.1, 0.15) is 6.92 Å². The van der Waals surface area contributed by atoms with Crippen molar-refractivity contribution in [3.05, 3.63) is 15.7 Å². The minimum absolute atomic E-state index is 0.00763. The fourth-order valence-electron chi connectivity index (χ4n) is 1.81. The Morgan fingerprint density at radius 1 is 1.50 bits per heavy atom. The van der Waals surface area contributed by atoms with Crippen molar-refractivity contribution in [3.8, 4) is 0 Å². The van der Waals surface area contributed by atoms with Crippen LogP contribution in [0.25, 0.3) is 0 Å². The summed E-state index contributed by atoms with van der Waals surface area (Å²) in [6, 6.07) is 4.06. The van der Waals surface area contributed by atoms with Gasteiger partial charge in [-0.3, -0.25) is 0 Å². The number of pyridine rings is 1. The number of halogens is 1. The molecule has 1 saturated heterocycles. The smallest absolute Gasteiger partial charge is 0.132 e. The quantitative estimate of drug-likeness (QED) is 0.791. The van der Waals surface area contributed by atoms with Crippen LogP contribution in [-0.4, -0.2) is 49.0 Å². The molecule has 5 nitrogen and oxygen atoms in total. The van der Waals surface area contributed by atoms with Crippen LogP contribution in [0.15, 0.2) is 12.1 Å². The Labute approximate surface area is 121 Å². The van der Waals surface area contributed by atoms with Crippen molar-refractivity contribution in [2.24, 2.45) is 0 Å². The van der Waals surface area contributed by atoms with E-state index in [1.54, 1.807) is 0 Å². The molecule has 2 rings (SSSR count). The van der Waals surface area contributed by atoms with Gasteiger partial charge in [0.1, 0.15) is 11.6 Å². The van der Waals surface area contributed by atoms with E-state index < -0.39 is 0 Å². The summed E-state index contributed by atoms with van der Waals surface area (Å²) in [6.07, 6.45) is 0. The molecule has 0 saturated carbocycles. The van der Waals surface area contributed by atoms with Gasteiger partial charge in [0.05, 0.1) is 19.8 Å². The standard InChI is InChI=1S/C12H18IN3O2/c1-9(8-17)14-11-6-10(13)7-12(15-11)16-2-4-18-5-3-16/h6-7,9,17H,2-5,8H2,1H3,(H,14,15)/t9-/m0/s1. The highest BCUT2D eigenvalue weighted by atomic mass is 127. The molecule has 1 aromatic heterocycles. The molecule has 1 atom stereocenters. The summed E-state index contributed by atoms with van der Waals surface area (Å²) in [5, 5.41) is 12.3. The van der Waals surface area contributed by atoms with Crippen LogP contribution in [-0.2, 0) is 4.74 Å². The van der Waals surface area contributed by atoms with Gasteiger partial charge in [-0.05, 0) is 41.6 Å². The van der Waals surface area contributed by atoms with E-state index in [0.717, 1.165) is 41.5 Å². The lowest BCUT2D eigenvalue weighted by atomic mass is 10.3. The van der Waals surface area contributed by atoms with Crippen LogP contribution >= 0.6 is 22.6 Å². The van der Waals surface area contributed by atoms with Crippen LogP contribution in [0, 0.1) is 3.57 Å². The summed E-state index contributed by atoms with van der Waals surface area (Å²) in [4.78, 5) is 6.81. The number of rotatable bonds is 4. The first-order valence-corrected chi connectivity index (χ1v) is 7.14. The first-order valence-electron chi connectivity index (χ1n) is 6.06. The number of aliphatic hydroxyl groups excluding tert-OH is 1. The molecule has 2 heterocycles. The molecule has 2 N–H and O–H groups in total. The van der Waals surface area contributed by atoms with Gasteiger partial charge in [0.25, 0.3) is 0 Å². The number of anilines is 2. The molecule has 18 heavy (non-hydrogen) atoms. The highest BCUT2D eigenvalue weighted by Gasteiger charge is 2.14. The molecular weight excluding hydrogens is 345 g/mol. The Morgan fingerprint density at radius 3 is 2.89 bits per heavy atom. The monoisotopic (exact) mass is 363 g/mol. The number of morpholine rings is 1. The largest absolute Gasteiger partial charge is 0.394 e. The van der Waals surface area contributed by atoms with E-state index in [9.17, 15) is 0 Å². The highest BCUT2D eigenvalue weighted by Crippen LogP contribution is 2.20. The zero-order valence-electron chi connectivity index (χ0n) is 10.4. The second kappa shape index (κ2) is 6.53. The van der Waals surface area contributed by atoms with Crippen molar-refractivity contribution >= 4 is 34.2 Å². The summed E-state index contributed by atoms with van der Waals surface area (Å²) in [7, 11) is 0. The molecule has 6 heteroatoms. The molecule has 100 valence electrons. The Hall–Kier alpha value is -0.600. The average molecular weight is 363 g/mol. The maximum Gasteiger partial charge on any atom is 0.132 e. The third kappa shape index (κ3) is 3.69. The van der Waals surface area contributed by atoms with Crippen molar-refractivity contribution in [2.45, 2.75) is 13.0 Å². The van der Waals surface area contributed by atoms with Gasteiger partial charge >= 0.3 is 0 Å². The highest BCUT2D eigenvalue weighted by molar-refractivity contribution is 14.1. The zero-order chi connectivity index (χ0) is 13.0. The molecule has 1 fully saturated rings. The third-order valence-corrected chi connectivity index (χ3v) is 3.40. The molecule has 0 amide bonds. The van der Waals surface area contributed by atoms with Crippen molar-refractivity contribution in [1.82, 2.24) is 4.98 Å². The Bertz CT molecular complexity index is 397. The van der Waals surface area contributed by atoms with Crippen LogP contribution < -0.4 is 10.2 Å². The number of hydrogen-bond acceptors (Lipinski definition) is 5. The van der Waals surface area contributed by atoms with Gasteiger partial charge in [-0.15, -0.1) is 0 Å². The first-order chi connectivity index (χ1) is 8.69. The topological polar surface area (TPSA) is 57.6 Å². The Morgan fingerprint density at radius 2 is 2.22 bits per heavy atom. The van der Waals surface area contributed by atoms with Gasteiger partial charge in [-0.25, -0.2) is 4.98 Å². The zero-order valence-corrected chi connectivity index (χ0v) is 12.6. The van der Waals surface area contributed by atoms with E-state index in [1.807, 2.05) is 13.0 Å². The van der Waals surface area contributed by atoms with Gasteiger partial charge in [0.15, 0.2) is 0 Å². The minimum atomic E-state index is 0.00763. The lowest BCUT2D eigenvalue weighted by Crippen LogP contribution is -2.37. The van der Waals surface area contributed by atoms with Crippen LogP contribution in [0.5, 0.6) is 0 Å². The number of aromatic nitrogens is 1. The molecule has 0 aliphatic carbocycles. The summed E-state index contributed by atoms with van der Waals surface area (Å²) < 4.78 is 6.48. The fraction of sp³-hybridized carbons (Fsp3) is 0.583. The van der Waals surface area contributed by atoms with Crippen molar-refractivity contribution in [2.75, 3.05) is 43.1 Å². The maximum atomic E-state index is 9.06. The molecule has 1 aromatic rings. The third-order valence-electron chi connectivity index (χ3n) is 2.78. The normalized spacial score (nSPS) is 17.6. The SMILES string of the molecule is C[C@@H](CO)Nc1cc(I)cc(N2CCOCC2)n1. The molecule has 0 aromatic carbocycles. The Balaban J connectivity index is 2.14. The lowest BCUT2D eigenvalue weighted by Gasteiger charge is -2.28. The molecule has 0 spiro atoms. The lowest BCUT2D eigenvalue weighted by molar-refractivity contribution is 0.122. The molecular formula is C12H18IN3O2. The average Bonchev–Trinajstić information content (AvgIpc) is 2.39. The van der Waals surface area contributed by atoms with E-state index in [2.05, 4.69) is 43.9 Å². The summed E-state index contributed by atoms with van der Waals surface area (Å²) >= 11 is 2.29.